The van der Waals surface area contributed by atoms with Crippen LogP contribution in [0.15, 0.2) is 65.5 Å². The minimum atomic E-state index is 0.654. The second kappa shape index (κ2) is 5.32. The summed E-state index contributed by atoms with van der Waals surface area (Å²) in [5, 5.41) is 8.80. The smallest absolute Gasteiger partial charge is 0.0999 e. The quantitative estimate of drug-likeness (QED) is 0.710. The van der Waals surface area contributed by atoms with Gasteiger partial charge in [-0.3, -0.25) is 0 Å². The zero-order chi connectivity index (χ0) is 13.9. The highest BCUT2D eigenvalue weighted by molar-refractivity contribution is 9.10. The van der Waals surface area contributed by atoms with Gasteiger partial charge in [-0.05, 0) is 36.4 Å². The van der Waals surface area contributed by atoms with Crippen LogP contribution in [0.2, 0.25) is 0 Å². The van der Waals surface area contributed by atoms with E-state index >= 15 is 0 Å². The van der Waals surface area contributed by atoms with Crippen LogP contribution in [0.3, 0.4) is 0 Å². The van der Waals surface area contributed by atoms with Gasteiger partial charge in [-0.2, -0.15) is 5.26 Å². The fourth-order valence-corrected chi connectivity index (χ4v) is 2.21. The Kier molecular flexibility index (Phi) is 3.36. The highest BCUT2D eigenvalue weighted by Crippen LogP contribution is 2.20. The number of benzene rings is 2. The fraction of sp³-hybridized carbons (Fsp3) is 0. The molecular weight excluding hydrogens is 314 g/mol. The van der Waals surface area contributed by atoms with E-state index in [1.807, 2.05) is 47.2 Å². The van der Waals surface area contributed by atoms with E-state index in [0.717, 1.165) is 21.4 Å². The molecule has 0 saturated heterocycles. The molecule has 0 aliphatic heterocycles. The third-order valence-corrected chi connectivity index (χ3v) is 3.55. The maximum absolute atomic E-state index is 8.80. The van der Waals surface area contributed by atoms with Crippen molar-refractivity contribution in [2.24, 2.45) is 0 Å². The summed E-state index contributed by atoms with van der Waals surface area (Å²) in [4.78, 5) is 4.41. The number of nitrogens with zero attached hydrogens (tertiary/aromatic N) is 3. The number of halogens is 1. The van der Waals surface area contributed by atoms with Crippen LogP contribution < -0.4 is 0 Å². The van der Waals surface area contributed by atoms with Crippen molar-refractivity contribution < 1.29 is 0 Å². The van der Waals surface area contributed by atoms with Crippen molar-refractivity contribution in [1.82, 2.24) is 9.55 Å². The van der Waals surface area contributed by atoms with E-state index in [2.05, 4.69) is 27.0 Å². The van der Waals surface area contributed by atoms with Gasteiger partial charge in [0.2, 0.25) is 0 Å². The summed E-state index contributed by atoms with van der Waals surface area (Å²) in [6, 6.07) is 17.6. The average molecular weight is 324 g/mol. The zero-order valence-corrected chi connectivity index (χ0v) is 12.1. The lowest BCUT2D eigenvalue weighted by Gasteiger charge is -2.01. The zero-order valence-electron chi connectivity index (χ0n) is 10.5. The first-order chi connectivity index (χ1) is 9.76. The summed E-state index contributed by atoms with van der Waals surface area (Å²) in [7, 11) is 0. The molecule has 4 heteroatoms. The molecule has 0 bridgehead atoms. The highest BCUT2D eigenvalue weighted by Gasteiger charge is 2.03. The predicted molar refractivity (Wildman–Crippen MR) is 81.4 cm³/mol. The van der Waals surface area contributed by atoms with E-state index in [9.17, 15) is 0 Å². The molecule has 0 spiro atoms. The minimum Gasteiger partial charge on any atom is -0.306 e. The predicted octanol–water partition coefficient (Wildman–Crippen LogP) is 4.17. The monoisotopic (exact) mass is 323 g/mol. The number of hydrogen-bond donors (Lipinski definition) is 0. The van der Waals surface area contributed by atoms with Gasteiger partial charge in [0.25, 0.3) is 0 Å². The average Bonchev–Trinajstić information content (AvgIpc) is 2.98. The van der Waals surface area contributed by atoms with Gasteiger partial charge in [0.15, 0.2) is 0 Å². The molecule has 0 unspecified atom stereocenters. The molecule has 0 radical (unpaired) electrons. The summed E-state index contributed by atoms with van der Waals surface area (Å²) >= 11 is 3.42. The van der Waals surface area contributed by atoms with Gasteiger partial charge in [0.1, 0.15) is 0 Å². The van der Waals surface area contributed by atoms with Gasteiger partial charge in [-0.1, -0.05) is 28.1 Å². The molecule has 3 rings (SSSR count). The number of nitriles is 1. The third kappa shape index (κ3) is 2.49. The summed E-state index contributed by atoms with van der Waals surface area (Å²) in [5.41, 5.74) is 3.60. The molecule has 0 amide bonds. The molecule has 3 aromatic rings. The SMILES string of the molecule is N#Cc1ccc(-c2cn(-c3ccc(Br)cc3)cn2)cc1. The molecule has 1 aromatic heterocycles. The van der Waals surface area contributed by atoms with Crippen LogP contribution in [0, 0.1) is 11.3 Å². The molecule has 1 heterocycles. The van der Waals surface area contributed by atoms with Gasteiger partial charge < -0.3 is 4.57 Å². The second-order valence-electron chi connectivity index (χ2n) is 4.33. The summed E-state index contributed by atoms with van der Waals surface area (Å²) in [6.07, 6.45) is 3.77. The van der Waals surface area contributed by atoms with Crippen LogP contribution in [-0.2, 0) is 0 Å². The van der Waals surface area contributed by atoms with Crippen LogP contribution in [0.4, 0.5) is 0 Å². The molecule has 0 saturated carbocycles. The van der Waals surface area contributed by atoms with Crippen molar-refractivity contribution in [1.29, 1.82) is 5.26 Å². The van der Waals surface area contributed by atoms with Crippen LogP contribution in [0.5, 0.6) is 0 Å². The first kappa shape index (κ1) is 12.6. The molecule has 0 aliphatic rings. The normalized spacial score (nSPS) is 10.2. The first-order valence-electron chi connectivity index (χ1n) is 6.07. The maximum Gasteiger partial charge on any atom is 0.0999 e. The van der Waals surface area contributed by atoms with Crippen LogP contribution in [0.1, 0.15) is 5.56 Å². The topological polar surface area (TPSA) is 41.6 Å². The Hall–Kier alpha value is -2.38. The highest BCUT2D eigenvalue weighted by atomic mass is 79.9. The number of imidazole rings is 1. The lowest BCUT2D eigenvalue weighted by Crippen LogP contribution is -1.88. The van der Waals surface area contributed by atoms with Crippen LogP contribution in [0.25, 0.3) is 16.9 Å². The van der Waals surface area contributed by atoms with E-state index in [1.165, 1.54) is 0 Å². The Bertz CT molecular complexity index is 765. The van der Waals surface area contributed by atoms with E-state index in [-0.39, 0.29) is 0 Å². The molecule has 0 atom stereocenters. The molecule has 0 fully saturated rings. The third-order valence-electron chi connectivity index (χ3n) is 3.02. The van der Waals surface area contributed by atoms with Crippen molar-refractivity contribution in [3.8, 4) is 23.0 Å². The largest absolute Gasteiger partial charge is 0.306 e. The van der Waals surface area contributed by atoms with Crippen LogP contribution >= 0.6 is 15.9 Å². The standard InChI is InChI=1S/C16H10BrN3/c17-14-5-7-15(8-6-14)20-10-16(19-11-20)13-3-1-12(9-18)2-4-13/h1-8,10-11H. The first-order valence-corrected chi connectivity index (χ1v) is 6.86. The Balaban J connectivity index is 1.93. The molecule has 2 aromatic carbocycles. The minimum absolute atomic E-state index is 0.654. The lowest BCUT2D eigenvalue weighted by atomic mass is 10.1. The van der Waals surface area contributed by atoms with Gasteiger partial charge in [-0.15, -0.1) is 0 Å². The van der Waals surface area contributed by atoms with Gasteiger partial charge in [0.05, 0.1) is 23.7 Å². The molecule has 0 aliphatic carbocycles. The van der Waals surface area contributed by atoms with Gasteiger partial charge in [-0.25, -0.2) is 4.98 Å². The lowest BCUT2D eigenvalue weighted by molar-refractivity contribution is 1.06. The maximum atomic E-state index is 8.80. The Morgan fingerprint density at radius 3 is 2.35 bits per heavy atom. The summed E-state index contributed by atoms with van der Waals surface area (Å²) < 4.78 is 3.02. The van der Waals surface area contributed by atoms with Crippen molar-refractivity contribution >= 4 is 15.9 Å². The Labute approximate surface area is 125 Å². The molecular formula is C16H10BrN3. The molecule has 3 nitrogen and oxygen atoms in total. The van der Waals surface area contributed by atoms with E-state index in [0.29, 0.717) is 5.56 Å². The Morgan fingerprint density at radius 2 is 1.70 bits per heavy atom. The van der Waals surface area contributed by atoms with Crippen molar-refractivity contribution in [3.05, 3.63) is 71.1 Å². The van der Waals surface area contributed by atoms with Crippen LogP contribution in [-0.4, -0.2) is 9.55 Å². The van der Waals surface area contributed by atoms with Gasteiger partial charge >= 0.3 is 0 Å². The van der Waals surface area contributed by atoms with E-state index in [4.69, 9.17) is 5.26 Å². The summed E-state index contributed by atoms with van der Waals surface area (Å²) in [5.74, 6) is 0. The Morgan fingerprint density at radius 1 is 1.00 bits per heavy atom. The van der Waals surface area contributed by atoms with Crippen molar-refractivity contribution in [3.63, 3.8) is 0 Å². The second-order valence-corrected chi connectivity index (χ2v) is 5.25. The molecule has 0 N–H and O–H groups in total. The molecule has 96 valence electrons. The number of hydrogen-bond acceptors (Lipinski definition) is 2. The molecule has 20 heavy (non-hydrogen) atoms. The van der Waals surface area contributed by atoms with E-state index in [1.54, 1.807) is 18.5 Å². The number of aromatic nitrogens is 2. The van der Waals surface area contributed by atoms with Crippen molar-refractivity contribution in [2.75, 3.05) is 0 Å². The van der Waals surface area contributed by atoms with Crippen molar-refractivity contribution in [2.45, 2.75) is 0 Å². The van der Waals surface area contributed by atoms with E-state index < -0.39 is 0 Å². The van der Waals surface area contributed by atoms with Gasteiger partial charge in [0, 0.05) is 21.9 Å². The summed E-state index contributed by atoms with van der Waals surface area (Å²) in [6.45, 7) is 0. The number of rotatable bonds is 2. The fourth-order valence-electron chi connectivity index (χ4n) is 1.94.